The highest BCUT2D eigenvalue weighted by atomic mass is 16.2. The van der Waals surface area contributed by atoms with E-state index in [9.17, 15) is 4.79 Å². The molecule has 5 nitrogen and oxygen atoms in total. The molecule has 0 unspecified atom stereocenters. The van der Waals surface area contributed by atoms with Gasteiger partial charge in [-0.25, -0.2) is 4.98 Å². The molecule has 0 aliphatic carbocycles. The molecule has 0 saturated carbocycles. The number of benzene rings is 2. The maximum Gasteiger partial charge on any atom is 0.226 e. The van der Waals surface area contributed by atoms with Crippen LogP contribution < -0.4 is 0 Å². The second-order valence-electron chi connectivity index (χ2n) is 7.16. The van der Waals surface area contributed by atoms with Crippen molar-refractivity contribution in [3.8, 4) is 11.4 Å². The minimum absolute atomic E-state index is 0.227. The van der Waals surface area contributed by atoms with Crippen molar-refractivity contribution in [2.75, 3.05) is 13.1 Å². The molecule has 1 aliphatic heterocycles. The standard InChI is InChI=1S/C22H24N4O/c27-21(16-17-7-3-1-4-8-17)26-13-11-18(12-14-26)15-20-23-22(25-24-20)19-9-5-2-6-10-19/h1-10,18H,11-16H2,(H,23,24,25). The first kappa shape index (κ1) is 17.5. The Kier molecular flexibility index (Phi) is 5.28. The number of piperidine rings is 1. The van der Waals surface area contributed by atoms with Gasteiger partial charge in [0.2, 0.25) is 5.91 Å². The number of aromatic amines is 1. The smallest absolute Gasteiger partial charge is 0.226 e. The average molecular weight is 360 g/mol. The van der Waals surface area contributed by atoms with E-state index in [2.05, 4.69) is 15.2 Å². The molecule has 2 aromatic carbocycles. The van der Waals surface area contributed by atoms with Crippen LogP contribution in [0.2, 0.25) is 0 Å². The number of likely N-dealkylation sites (tertiary alicyclic amines) is 1. The van der Waals surface area contributed by atoms with Crippen molar-refractivity contribution in [1.82, 2.24) is 20.1 Å². The van der Waals surface area contributed by atoms with Crippen LogP contribution in [0.15, 0.2) is 60.7 Å². The summed E-state index contributed by atoms with van der Waals surface area (Å²) in [7, 11) is 0. The molecule has 1 fully saturated rings. The molecule has 138 valence electrons. The van der Waals surface area contributed by atoms with E-state index in [1.54, 1.807) is 0 Å². The predicted molar refractivity (Wildman–Crippen MR) is 105 cm³/mol. The number of hydrogen-bond acceptors (Lipinski definition) is 3. The van der Waals surface area contributed by atoms with Gasteiger partial charge < -0.3 is 4.90 Å². The summed E-state index contributed by atoms with van der Waals surface area (Å²) >= 11 is 0. The number of H-pyrrole nitrogens is 1. The molecule has 0 radical (unpaired) electrons. The largest absolute Gasteiger partial charge is 0.342 e. The van der Waals surface area contributed by atoms with E-state index < -0.39 is 0 Å². The van der Waals surface area contributed by atoms with E-state index in [1.165, 1.54) is 0 Å². The summed E-state index contributed by atoms with van der Waals surface area (Å²) < 4.78 is 0. The third-order valence-corrected chi connectivity index (χ3v) is 5.21. The van der Waals surface area contributed by atoms with Crippen LogP contribution in [0.25, 0.3) is 11.4 Å². The summed E-state index contributed by atoms with van der Waals surface area (Å²) in [6.45, 7) is 1.66. The third-order valence-electron chi connectivity index (χ3n) is 5.21. The molecule has 1 aromatic heterocycles. The summed E-state index contributed by atoms with van der Waals surface area (Å²) in [4.78, 5) is 19.1. The Hall–Kier alpha value is -2.95. The van der Waals surface area contributed by atoms with Crippen LogP contribution in [-0.2, 0) is 17.6 Å². The molecular formula is C22H24N4O. The summed E-state index contributed by atoms with van der Waals surface area (Å²) in [5.74, 6) is 2.46. The number of amides is 1. The number of nitrogens with one attached hydrogen (secondary N) is 1. The molecular weight excluding hydrogens is 336 g/mol. The maximum absolute atomic E-state index is 12.5. The first-order valence-corrected chi connectivity index (χ1v) is 9.56. The number of hydrogen-bond donors (Lipinski definition) is 1. The lowest BCUT2D eigenvalue weighted by Crippen LogP contribution is -2.39. The quantitative estimate of drug-likeness (QED) is 0.757. The summed E-state index contributed by atoms with van der Waals surface area (Å²) in [6, 6.07) is 20.0. The van der Waals surface area contributed by atoms with E-state index in [4.69, 9.17) is 0 Å². The molecule has 1 N–H and O–H groups in total. The third kappa shape index (κ3) is 4.42. The van der Waals surface area contributed by atoms with Gasteiger partial charge in [0.15, 0.2) is 5.82 Å². The minimum Gasteiger partial charge on any atom is -0.342 e. The molecule has 0 spiro atoms. The van der Waals surface area contributed by atoms with Crippen molar-refractivity contribution in [2.45, 2.75) is 25.7 Å². The molecule has 5 heteroatoms. The van der Waals surface area contributed by atoms with Gasteiger partial charge in [-0.3, -0.25) is 9.89 Å². The van der Waals surface area contributed by atoms with E-state index in [1.807, 2.05) is 65.6 Å². The second-order valence-corrected chi connectivity index (χ2v) is 7.16. The maximum atomic E-state index is 12.5. The van der Waals surface area contributed by atoms with Crippen LogP contribution in [0.3, 0.4) is 0 Å². The highest BCUT2D eigenvalue weighted by molar-refractivity contribution is 5.78. The lowest BCUT2D eigenvalue weighted by molar-refractivity contribution is -0.131. The number of aromatic nitrogens is 3. The van der Waals surface area contributed by atoms with Crippen molar-refractivity contribution >= 4 is 5.91 Å². The Bertz CT molecular complexity index is 868. The van der Waals surface area contributed by atoms with Gasteiger partial charge in [0.05, 0.1) is 6.42 Å². The fourth-order valence-corrected chi connectivity index (χ4v) is 3.65. The van der Waals surface area contributed by atoms with Gasteiger partial charge in [-0.15, -0.1) is 0 Å². The van der Waals surface area contributed by atoms with Crippen LogP contribution in [0.4, 0.5) is 0 Å². The zero-order chi connectivity index (χ0) is 18.5. The molecule has 0 atom stereocenters. The van der Waals surface area contributed by atoms with Crippen LogP contribution in [0, 0.1) is 5.92 Å². The second kappa shape index (κ2) is 8.16. The van der Waals surface area contributed by atoms with Crippen molar-refractivity contribution in [3.63, 3.8) is 0 Å². The lowest BCUT2D eigenvalue weighted by Gasteiger charge is -2.31. The van der Waals surface area contributed by atoms with Gasteiger partial charge in [0, 0.05) is 25.1 Å². The monoisotopic (exact) mass is 360 g/mol. The van der Waals surface area contributed by atoms with Gasteiger partial charge in [0.1, 0.15) is 5.82 Å². The summed E-state index contributed by atoms with van der Waals surface area (Å²) in [5, 5.41) is 7.42. The molecule has 1 saturated heterocycles. The van der Waals surface area contributed by atoms with E-state index >= 15 is 0 Å². The van der Waals surface area contributed by atoms with Crippen molar-refractivity contribution in [2.24, 2.45) is 5.92 Å². The molecule has 3 aromatic rings. The normalized spacial score (nSPS) is 15.0. The Labute approximate surface area is 159 Å². The molecule has 0 bridgehead atoms. The number of rotatable bonds is 5. The lowest BCUT2D eigenvalue weighted by atomic mass is 9.93. The van der Waals surface area contributed by atoms with Crippen molar-refractivity contribution in [1.29, 1.82) is 0 Å². The summed E-state index contributed by atoms with van der Waals surface area (Å²) in [6.07, 6.45) is 3.42. The number of carbonyl (C=O) groups excluding carboxylic acids is 1. The topological polar surface area (TPSA) is 61.9 Å². The Balaban J connectivity index is 1.28. The van der Waals surface area contributed by atoms with Crippen LogP contribution in [0.1, 0.15) is 24.2 Å². The molecule has 1 aliphatic rings. The highest BCUT2D eigenvalue weighted by Crippen LogP contribution is 2.22. The molecule has 2 heterocycles. The first-order chi connectivity index (χ1) is 13.3. The Morgan fingerprint density at radius 2 is 1.67 bits per heavy atom. The zero-order valence-electron chi connectivity index (χ0n) is 15.3. The van der Waals surface area contributed by atoms with E-state index in [0.29, 0.717) is 12.3 Å². The zero-order valence-corrected chi connectivity index (χ0v) is 15.3. The fourth-order valence-electron chi connectivity index (χ4n) is 3.65. The SMILES string of the molecule is O=C(Cc1ccccc1)N1CCC(Cc2nc(-c3ccccc3)n[nH]2)CC1. The van der Waals surface area contributed by atoms with Gasteiger partial charge in [0.25, 0.3) is 0 Å². The van der Waals surface area contributed by atoms with Gasteiger partial charge >= 0.3 is 0 Å². The van der Waals surface area contributed by atoms with Gasteiger partial charge in [-0.2, -0.15) is 5.10 Å². The Morgan fingerprint density at radius 3 is 2.37 bits per heavy atom. The molecule has 1 amide bonds. The van der Waals surface area contributed by atoms with Crippen molar-refractivity contribution in [3.05, 3.63) is 72.1 Å². The summed E-state index contributed by atoms with van der Waals surface area (Å²) in [5.41, 5.74) is 2.11. The Morgan fingerprint density at radius 1 is 1.00 bits per heavy atom. The predicted octanol–water partition coefficient (Wildman–Crippen LogP) is 3.50. The van der Waals surface area contributed by atoms with Crippen molar-refractivity contribution < 1.29 is 4.79 Å². The van der Waals surface area contributed by atoms with E-state index in [-0.39, 0.29) is 5.91 Å². The van der Waals surface area contributed by atoms with Gasteiger partial charge in [-0.05, 0) is 24.3 Å². The first-order valence-electron chi connectivity index (χ1n) is 9.56. The van der Waals surface area contributed by atoms with Gasteiger partial charge in [-0.1, -0.05) is 60.7 Å². The van der Waals surface area contributed by atoms with Crippen LogP contribution in [-0.4, -0.2) is 39.1 Å². The highest BCUT2D eigenvalue weighted by Gasteiger charge is 2.24. The molecule has 4 rings (SSSR count). The fraction of sp³-hybridized carbons (Fsp3) is 0.318. The van der Waals surface area contributed by atoms with E-state index in [0.717, 1.165) is 55.1 Å². The number of carbonyl (C=O) groups is 1. The molecule has 27 heavy (non-hydrogen) atoms. The number of nitrogens with zero attached hydrogens (tertiary/aromatic N) is 3. The van der Waals surface area contributed by atoms with Crippen LogP contribution in [0.5, 0.6) is 0 Å². The average Bonchev–Trinajstić information content (AvgIpc) is 3.18. The van der Waals surface area contributed by atoms with Crippen LogP contribution >= 0.6 is 0 Å². The minimum atomic E-state index is 0.227.